The van der Waals surface area contributed by atoms with Crippen molar-refractivity contribution in [2.75, 3.05) is 20.1 Å². The minimum atomic E-state index is -0.260. The van der Waals surface area contributed by atoms with E-state index in [0.717, 1.165) is 19.3 Å². The first-order valence-corrected chi connectivity index (χ1v) is 6.68. The lowest BCUT2D eigenvalue weighted by Crippen LogP contribution is -2.61. The van der Waals surface area contributed by atoms with Crippen molar-refractivity contribution in [3.8, 4) is 0 Å². The van der Waals surface area contributed by atoms with Crippen LogP contribution in [0.1, 0.15) is 32.1 Å². The number of hydrogen-bond acceptors (Lipinski definition) is 3. The summed E-state index contributed by atoms with van der Waals surface area (Å²) in [5.74, 6) is -0.0757. The molecular formula is C14H20N2O3. The van der Waals surface area contributed by atoms with Gasteiger partial charge < -0.3 is 9.80 Å². The van der Waals surface area contributed by atoms with Gasteiger partial charge in [0.2, 0.25) is 11.8 Å². The third-order valence-electron chi connectivity index (χ3n) is 4.22. The summed E-state index contributed by atoms with van der Waals surface area (Å²) in [5, 5.41) is 0. The molecule has 1 heterocycles. The lowest BCUT2D eigenvalue weighted by molar-refractivity contribution is -0.152. The molecule has 0 aromatic carbocycles. The van der Waals surface area contributed by atoms with Crippen LogP contribution in [0.25, 0.3) is 0 Å². The van der Waals surface area contributed by atoms with Crippen LogP contribution in [0.15, 0.2) is 12.7 Å². The number of ketones is 1. The molecule has 1 spiro atoms. The minimum Gasteiger partial charge on any atom is -0.335 e. The maximum atomic E-state index is 12.3. The van der Waals surface area contributed by atoms with E-state index >= 15 is 0 Å². The average molecular weight is 264 g/mol. The van der Waals surface area contributed by atoms with Crippen LogP contribution in [-0.4, -0.2) is 53.1 Å². The average Bonchev–Trinajstić information content (AvgIpc) is 2.35. The monoisotopic (exact) mass is 264 g/mol. The van der Waals surface area contributed by atoms with Crippen molar-refractivity contribution < 1.29 is 14.4 Å². The van der Waals surface area contributed by atoms with E-state index in [-0.39, 0.29) is 29.7 Å². The number of amides is 2. The van der Waals surface area contributed by atoms with Gasteiger partial charge in [0, 0.05) is 32.0 Å². The number of carbonyl (C=O) groups is 3. The van der Waals surface area contributed by atoms with Gasteiger partial charge in [-0.25, -0.2) is 0 Å². The molecular weight excluding hydrogens is 244 g/mol. The molecule has 5 nitrogen and oxygen atoms in total. The summed E-state index contributed by atoms with van der Waals surface area (Å²) >= 11 is 0. The molecule has 19 heavy (non-hydrogen) atoms. The predicted molar refractivity (Wildman–Crippen MR) is 70.4 cm³/mol. The fourth-order valence-corrected chi connectivity index (χ4v) is 2.97. The number of nitrogens with zero attached hydrogens (tertiary/aromatic N) is 2. The lowest BCUT2D eigenvalue weighted by atomic mass is 9.69. The summed E-state index contributed by atoms with van der Waals surface area (Å²) in [7, 11) is 1.59. The van der Waals surface area contributed by atoms with E-state index in [1.165, 1.54) is 11.0 Å². The molecule has 2 aliphatic rings. The summed E-state index contributed by atoms with van der Waals surface area (Å²) < 4.78 is 0. The highest BCUT2D eigenvalue weighted by atomic mass is 16.2. The fraction of sp³-hybridized carbons (Fsp3) is 0.643. The number of rotatable bonds is 3. The van der Waals surface area contributed by atoms with E-state index in [4.69, 9.17) is 0 Å². The molecule has 104 valence electrons. The van der Waals surface area contributed by atoms with Crippen LogP contribution < -0.4 is 0 Å². The molecule has 2 amide bonds. The van der Waals surface area contributed by atoms with Crippen molar-refractivity contribution >= 4 is 17.6 Å². The van der Waals surface area contributed by atoms with Gasteiger partial charge >= 0.3 is 0 Å². The second-order valence-electron chi connectivity index (χ2n) is 5.49. The summed E-state index contributed by atoms with van der Waals surface area (Å²) in [4.78, 5) is 38.5. The van der Waals surface area contributed by atoms with Crippen LogP contribution in [0.4, 0.5) is 0 Å². The van der Waals surface area contributed by atoms with Gasteiger partial charge in [-0.15, -0.1) is 0 Å². The first-order valence-electron chi connectivity index (χ1n) is 6.68. The molecule has 0 unspecified atom stereocenters. The summed E-state index contributed by atoms with van der Waals surface area (Å²) in [6, 6.07) is 0. The fourth-order valence-electron chi connectivity index (χ4n) is 2.97. The molecule has 1 aliphatic heterocycles. The van der Waals surface area contributed by atoms with Gasteiger partial charge in [0.15, 0.2) is 0 Å². The summed E-state index contributed by atoms with van der Waals surface area (Å²) in [6.45, 7) is 3.96. The zero-order chi connectivity index (χ0) is 14.0. The zero-order valence-electron chi connectivity index (χ0n) is 11.4. The Hall–Kier alpha value is -1.65. The van der Waals surface area contributed by atoms with E-state index in [9.17, 15) is 14.4 Å². The maximum absolute atomic E-state index is 12.3. The van der Waals surface area contributed by atoms with Gasteiger partial charge in [-0.1, -0.05) is 6.58 Å². The van der Waals surface area contributed by atoms with Crippen molar-refractivity contribution in [3.05, 3.63) is 12.7 Å². The summed E-state index contributed by atoms with van der Waals surface area (Å²) in [5.41, 5.74) is -0.246. The molecule has 2 rings (SSSR count). The molecule has 1 saturated heterocycles. The standard InChI is InChI=1S/C14H20N2O3/c1-3-12(18)15(2)10-13(19)16-8-5-11(17)9-14(16)6-4-7-14/h3H,1,4-10H2,2H3. The molecule has 0 radical (unpaired) electrons. The van der Waals surface area contributed by atoms with Crippen molar-refractivity contribution in [2.45, 2.75) is 37.6 Å². The summed E-state index contributed by atoms with van der Waals surface area (Å²) in [6.07, 6.45) is 5.00. The lowest BCUT2D eigenvalue weighted by Gasteiger charge is -2.52. The Labute approximate surface area is 113 Å². The Bertz CT molecular complexity index is 426. The number of Topliss-reactive ketones (excluding diaryl/α,β-unsaturated/α-hetero) is 1. The molecule has 0 aromatic heterocycles. The largest absolute Gasteiger partial charge is 0.335 e. The van der Waals surface area contributed by atoms with E-state index < -0.39 is 0 Å². The SMILES string of the molecule is C=CC(=O)N(C)CC(=O)N1CCC(=O)CC12CCC2. The van der Waals surface area contributed by atoms with Gasteiger partial charge in [0.25, 0.3) is 0 Å². The molecule has 1 aliphatic carbocycles. The molecule has 0 aromatic rings. The zero-order valence-corrected chi connectivity index (χ0v) is 11.4. The molecule has 0 bridgehead atoms. The van der Waals surface area contributed by atoms with Gasteiger partial charge in [-0.05, 0) is 25.3 Å². The Morgan fingerprint density at radius 2 is 2.16 bits per heavy atom. The van der Waals surface area contributed by atoms with Gasteiger partial charge in [0.05, 0.1) is 6.54 Å². The Morgan fingerprint density at radius 1 is 1.47 bits per heavy atom. The smallest absolute Gasteiger partial charge is 0.246 e. The van der Waals surface area contributed by atoms with Gasteiger partial charge in [-0.3, -0.25) is 14.4 Å². The van der Waals surface area contributed by atoms with Gasteiger partial charge in [-0.2, -0.15) is 0 Å². The van der Waals surface area contributed by atoms with Crippen LogP contribution in [0.5, 0.6) is 0 Å². The number of likely N-dealkylation sites (N-methyl/N-ethyl adjacent to an activating group) is 1. The van der Waals surface area contributed by atoms with Crippen molar-refractivity contribution in [2.24, 2.45) is 0 Å². The maximum Gasteiger partial charge on any atom is 0.246 e. The minimum absolute atomic E-state index is 0.0563. The third kappa shape index (κ3) is 2.55. The van der Waals surface area contributed by atoms with Crippen molar-refractivity contribution in [1.29, 1.82) is 0 Å². The van der Waals surface area contributed by atoms with Crippen molar-refractivity contribution in [1.82, 2.24) is 9.80 Å². The van der Waals surface area contributed by atoms with Crippen LogP contribution in [0.2, 0.25) is 0 Å². The van der Waals surface area contributed by atoms with Crippen molar-refractivity contribution in [3.63, 3.8) is 0 Å². The molecule has 1 saturated carbocycles. The van der Waals surface area contributed by atoms with Crippen LogP contribution in [-0.2, 0) is 14.4 Å². The van der Waals surface area contributed by atoms with E-state index in [1.807, 2.05) is 4.90 Å². The van der Waals surface area contributed by atoms with E-state index in [0.29, 0.717) is 19.4 Å². The second kappa shape index (κ2) is 5.15. The molecule has 0 N–H and O–H groups in total. The Balaban J connectivity index is 2.03. The highest BCUT2D eigenvalue weighted by molar-refractivity contribution is 5.92. The Kier molecular flexibility index (Phi) is 3.73. The first-order chi connectivity index (χ1) is 8.98. The third-order valence-corrected chi connectivity index (χ3v) is 4.22. The number of likely N-dealkylation sites (tertiary alicyclic amines) is 1. The van der Waals surface area contributed by atoms with Crippen LogP contribution >= 0.6 is 0 Å². The number of carbonyl (C=O) groups excluding carboxylic acids is 3. The number of piperidine rings is 1. The normalized spacial score (nSPS) is 20.9. The van der Waals surface area contributed by atoms with E-state index in [2.05, 4.69) is 6.58 Å². The molecule has 0 atom stereocenters. The van der Waals surface area contributed by atoms with E-state index in [1.54, 1.807) is 7.05 Å². The molecule has 2 fully saturated rings. The number of hydrogen-bond donors (Lipinski definition) is 0. The predicted octanol–water partition coefficient (Wildman–Crippen LogP) is 0.745. The molecule has 5 heteroatoms. The highest BCUT2D eigenvalue weighted by Crippen LogP contribution is 2.43. The van der Waals surface area contributed by atoms with Crippen LogP contribution in [0.3, 0.4) is 0 Å². The van der Waals surface area contributed by atoms with Crippen LogP contribution in [0, 0.1) is 0 Å². The van der Waals surface area contributed by atoms with Gasteiger partial charge in [0.1, 0.15) is 5.78 Å². The Morgan fingerprint density at radius 3 is 2.68 bits per heavy atom. The topological polar surface area (TPSA) is 57.7 Å². The highest BCUT2D eigenvalue weighted by Gasteiger charge is 2.48. The first kappa shape index (κ1) is 13.8. The second-order valence-corrected chi connectivity index (χ2v) is 5.49. The quantitative estimate of drug-likeness (QED) is 0.707.